The summed E-state index contributed by atoms with van der Waals surface area (Å²) in [5.41, 5.74) is 0.0605. The van der Waals surface area contributed by atoms with E-state index >= 15 is 0 Å². The first-order valence-electron chi connectivity index (χ1n) is 5.40. The lowest BCUT2D eigenvalue weighted by Crippen LogP contribution is -2.35. The van der Waals surface area contributed by atoms with Crippen LogP contribution in [0.15, 0.2) is 18.2 Å². The summed E-state index contributed by atoms with van der Waals surface area (Å²) in [5.74, 6) is -1.80. The Hall–Kier alpha value is -1.13. The van der Waals surface area contributed by atoms with E-state index in [9.17, 15) is 9.18 Å². The highest BCUT2D eigenvalue weighted by Gasteiger charge is 2.25. The predicted octanol–water partition coefficient (Wildman–Crippen LogP) is 2.99. The second-order valence-electron chi connectivity index (χ2n) is 3.89. The zero-order valence-electron chi connectivity index (χ0n) is 9.71. The standard InChI is InChI=1S/C12H15ClFNO2/c1-3-7(2)15-11(12(16)17)8-5-4-6-9(13)10(8)14/h4-7,11,15H,3H2,1-2H3,(H,16,17). The largest absolute Gasteiger partial charge is 0.480 e. The molecule has 0 fully saturated rings. The van der Waals surface area contributed by atoms with Crippen LogP contribution in [0.4, 0.5) is 4.39 Å². The Balaban J connectivity index is 3.06. The number of carboxylic acids is 1. The zero-order chi connectivity index (χ0) is 13.0. The number of nitrogens with one attached hydrogen (secondary N) is 1. The molecule has 94 valence electrons. The molecule has 2 N–H and O–H groups in total. The maximum absolute atomic E-state index is 13.7. The molecule has 1 aromatic rings. The van der Waals surface area contributed by atoms with Gasteiger partial charge < -0.3 is 5.11 Å². The molecule has 0 aliphatic carbocycles. The van der Waals surface area contributed by atoms with Gasteiger partial charge in [-0.3, -0.25) is 10.1 Å². The third-order valence-corrected chi connectivity index (χ3v) is 2.89. The molecule has 0 spiro atoms. The molecule has 1 aromatic carbocycles. The van der Waals surface area contributed by atoms with Crippen LogP contribution in [0.25, 0.3) is 0 Å². The fraction of sp³-hybridized carbons (Fsp3) is 0.417. The molecule has 0 amide bonds. The Morgan fingerprint density at radius 3 is 2.76 bits per heavy atom. The normalized spacial score (nSPS) is 14.4. The van der Waals surface area contributed by atoms with Crippen molar-refractivity contribution >= 4 is 17.6 Å². The van der Waals surface area contributed by atoms with E-state index in [-0.39, 0.29) is 16.6 Å². The number of aliphatic carboxylic acids is 1. The van der Waals surface area contributed by atoms with Crippen molar-refractivity contribution in [3.05, 3.63) is 34.6 Å². The van der Waals surface area contributed by atoms with Gasteiger partial charge >= 0.3 is 5.97 Å². The molecular weight excluding hydrogens is 245 g/mol. The smallest absolute Gasteiger partial charge is 0.325 e. The van der Waals surface area contributed by atoms with E-state index in [0.717, 1.165) is 6.42 Å². The van der Waals surface area contributed by atoms with Crippen LogP contribution >= 0.6 is 11.6 Å². The van der Waals surface area contributed by atoms with E-state index in [1.54, 1.807) is 0 Å². The van der Waals surface area contributed by atoms with Crippen molar-refractivity contribution in [2.75, 3.05) is 0 Å². The fourth-order valence-electron chi connectivity index (χ4n) is 1.44. The van der Waals surface area contributed by atoms with Crippen LogP contribution in [-0.4, -0.2) is 17.1 Å². The second kappa shape index (κ2) is 5.98. The van der Waals surface area contributed by atoms with E-state index < -0.39 is 17.8 Å². The van der Waals surface area contributed by atoms with Crippen LogP contribution in [0.1, 0.15) is 31.9 Å². The summed E-state index contributed by atoms with van der Waals surface area (Å²) < 4.78 is 13.7. The number of hydrogen-bond donors (Lipinski definition) is 2. The van der Waals surface area contributed by atoms with Crippen molar-refractivity contribution in [3.8, 4) is 0 Å². The Labute approximate surface area is 105 Å². The number of carboxylic acid groups (broad SMARTS) is 1. The highest BCUT2D eigenvalue weighted by Crippen LogP contribution is 2.24. The minimum atomic E-state index is -1.12. The van der Waals surface area contributed by atoms with E-state index in [4.69, 9.17) is 16.7 Å². The summed E-state index contributed by atoms with van der Waals surface area (Å²) in [6, 6.07) is 3.26. The summed E-state index contributed by atoms with van der Waals surface area (Å²) in [5, 5.41) is 11.9. The molecule has 0 radical (unpaired) electrons. The lowest BCUT2D eigenvalue weighted by molar-refractivity contribution is -0.140. The molecule has 0 bridgehead atoms. The predicted molar refractivity (Wildman–Crippen MR) is 64.7 cm³/mol. The van der Waals surface area contributed by atoms with Crippen molar-refractivity contribution in [1.82, 2.24) is 5.32 Å². The first kappa shape index (κ1) is 13.9. The summed E-state index contributed by atoms with van der Waals surface area (Å²) in [6.45, 7) is 3.77. The third kappa shape index (κ3) is 3.41. The Morgan fingerprint density at radius 1 is 1.59 bits per heavy atom. The molecule has 5 heteroatoms. The van der Waals surface area contributed by atoms with E-state index in [2.05, 4.69) is 5.32 Å². The minimum Gasteiger partial charge on any atom is -0.480 e. The van der Waals surface area contributed by atoms with Gasteiger partial charge in [0.2, 0.25) is 0 Å². The van der Waals surface area contributed by atoms with Crippen molar-refractivity contribution < 1.29 is 14.3 Å². The van der Waals surface area contributed by atoms with Gasteiger partial charge in [0.05, 0.1) is 5.02 Å². The average Bonchev–Trinajstić information content (AvgIpc) is 2.29. The first-order valence-corrected chi connectivity index (χ1v) is 5.78. The number of rotatable bonds is 5. The van der Waals surface area contributed by atoms with Gasteiger partial charge in [-0.25, -0.2) is 4.39 Å². The average molecular weight is 260 g/mol. The Bertz CT molecular complexity index is 411. The molecule has 17 heavy (non-hydrogen) atoms. The monoisotopic (exact) mass is 259 g/mol. The molecule has 3 nitrogen and oxygen atoms in total. The molecule has 2 atom stereocenters. The van der Waals surface area contributed by atoms with Crippen LogP contribution < -0.4 is 5.32 Å². The number of hydrogen-bond acceptors (Lipinski definition) is 2. The zero-order valence-corrected chi connectivity index (χ0v) is 10.5. The van der Waals surface area contributed by atoms with Gasteiger partial charge in [-0.1, -0.05) is 30.7 Å². The topological polar surface area (TPSA) is 49.3 Å². The van der Waals surface area contributed by atoms with Crippen LogP contribution in [0.2, 0.25) is 5.02 Å². The van der Waals surface area contributed by atoms with Gasteiger partial charge in [0, 0.05) is 11.6 Å². The van der Waals surface area contributed by atoms with Gasteiger partial charge in [0.15, 0.2) is 0 Å². The van der Waals surface area contributed by atoms with E-state index in [1.165, 1.54) is 18.2 Å². The molecule has 0 aliphatic heterocycles. The summed E-state index contributed by atoms with van der Waals surface area (Å²) in [4.78, 5) is 11.1. The lowest BCUT2D eigenvalue weighted by atomic mass is 10.0. The quantitative estimate of drug-likeness (QED) is 0.855. The molecule has 0 saturated carbocycles. The molecular formula is C12H15ClFNO2. The number of benzene rings is 1. The highest BCUT2D eigenvalue weighted by atomic mass is 35.5. The summed E-state index contributed by atoms with van der Waals surface area (Å²) >= 11 is 5.64. The van der Waals surface area contributed by atoms with Crippen LogP contribution in [-0.2, 0) is 4.79 Å². The minimum absolute atomic E-state index is 0.0190. The molecule has 0 heterocycles. The Kier molecular flexibility index (Phi) is 4.90. The van der Waals surface area contributed by atoms with Crippen molar-refractivity contribution in [2.45, 2.75) is 32.4 Å². The molecule has 2 unspecified atom stereocenters. The maximum Gasteiger partial charge on any atom is 0.325 e. The summed E-state index contributed by atoms with van der Waals surface area (Å²) in [7, 11) is 0. The van der Waals surface area contributed by atoms with Crippen molar-refractivity contribution in [1.29, 1.82) is 0 Å². The SMILES string of the molecule is CCC(C)NC(C(=O)O)c1cccc(Cl)c1F. The first-order chi connectivity index (χ1) is 7.97. The van der Waals surface area contributed by atoms with Gasteiger partial charge in [-0.05, 0) is 19.4 Å². The van der Waals surface area contributed by atoms with Crippen LogP contribution in [0.5, 0.6) is 0 Å². The molecule has 1 rings (SSSR count). The maximum atomic E-state index is 13.7. The third-order valence-electron chi connectivity index (χ3n) is 2.60. The van der Waals surface area contributed by atoms with Gasteiger partial charge in [-0.15, -0.1) is 0 Å². The van der Waals surface area contributed by atoms with Crippen LogP contribution in [0.3, 0.4) is 0 Å². The van der Waals surface area contributed by atoms with Gasteiger partial charge in [0.25, 0.3) is 0 Å². The molecule has 0 aromatic heterocycles. The van der Waals surface area contributed by atoms with Gasteiger partial charge in [-0.2, -0.15) is 0 Å². The number of halogens is 2. The van der Waals surface area contributed by atoms with E-state index in [1.807, 2.05) is 13.8 Å². The lowest BCUT2D eigenvalue weighted by Gasteiger charge is -2.20. The number of carbonyl (C=O) groups is 1. The molecule has 0 aliphatic rings. The second-order valence-corrected chi connectivity index (χ2v) is 4.30. The van der Waals surface area contributed by atoms with Crippen molar-refractivity contribution in [2.24, 2.45) is 0 Å². The van der Waals surface area contributed by atoms with Crippen molar-refractivity contribution in [3.63, 3.8) is 0 Å². The fourth-order valence-corrected chi connectivity index (χ4v) is 1.62. The highest BCUT2D eigenvalue weighted by molar-refractivity contribution is 6.30. The Morgan fingerprint density at radius 2 is 2.24 bits per heavy atom. The van der Waals surface area contributed by atoms with E-state index in [0.29, 0.717) is 0 Å². The molecule has 0 saturated heterocycles. The van der Waals surface area contributed by atoms with Gasteiger partial charge in [0.1, 0.15) is 11.9 Å². The summed E-state index contributed by atoms with van der Waals surface area (Å²) in [6.07, 6.45) is 0.756. The van der Waals surface area contributed by atoms with Crippen LogP contribution in [0, 0.1) is 5.82 Å².